The van der Waals surface area contributed by atoms with Crippen molar-refractivity contribution in [2.45, 2.75) is 47.3 Å². The summed E-state index contributed by atoms with van der Waals surface area (Å²) in [5.41, 5.74) is 12.2. The smallest absolute Gasteiger partial charge is 0.207 e. The predicted octanol–water partition coefficient (Wildman–Crippen LogP) is 14.2. The third-order valence-electron chi connectivity index (χ3n) is 16.1. The van der Waals surface area contributed by atoms with Gasteiger partial charge in [-0.2, -0.15) is 0 Å². The van der Waals surface area contributed by atoms with Gasteiger partial charge in [-0.1, -0.05) is 133 Å². The van der Waals surface area contributed by atoms with Crippen LogP contribution in [0.1, 0.15) is 43.2 Å². The van der Waals surface area contributed by atoms with Crippen LogP contribution in [0.2, 0.25) is 0 Å². The number of nitrogens with zero attached hydrogens (tertiary/aromatic N) is 4. The number of benzene rings is 8. The Morgan fingerprint density at radius 2 is 0.853 bits per heavy atom. The van der Waals surface area contributed by atoms with Crippen molar-refractivity contribution in [3.8, 4) is 62.1 Å². The molecule has 4 bridgehead atoms. The standard InChI is InChI=1S/C61H46N4O2S/c66-68(67)56-20-9-6-17-52(56)61(47-32-38-31-39(34-47)35-48(61)33-38)53-37-46(27-30-57(53)68)45-14-10-13-44(36-45)40-21-23-42(24-22-40)59-62-58(41-11-2-1-3-12-41)63-60(64-59)43-25-28-49(29-26-43)65-54-18-7-4-15-50(54)51-16-5-8-19-55(51)65/h1-30,36-39,47-48H,31-35H2. The first kappa shape index (κ1) is 39.7. The topological polar surface area (TPSA) is 77.7 Å². The van der Waals surface area contributed by atoms with Gasteiger partial charge in [0, 0.05) is 38.6 Å². The van der Waals surface area contributed by atoms with Crippen molar-refractivity contribution in [1.82, 2.24) is 19.5 Å². The Hall–Kier alpha value is -7.48. The minimum atomic E-state index is -3.66. The molecule has 68 heavy (non-hydrogen) atoms. The second kappa shape index (κ2) is 15.0. The summed E-state index contributed by atoms with van der Waals surface area (Å²) in [5.74, 6) is 4.26. The van der Waals surface area contributed by atoms with Gasteiger partial charge < -0.3 is 4.57 Å². The van der Waals surface area contributed by atoms with Gasteiger partial charge in [0.1, 0.15) is 0 Å². The molecule has 3 heterocycles. The summed E-state index contributed by atoms with van der Waals surface area (Å²) >= 11 is 0. The van der Waals surface area contributed by atoms with Crippen LogP contribution < -0.4 is 0 Å². The van der Waals surface area contributed by atoms with Gasteiger partial charge in [0.25, 0.3) is 0 Å². The molecule has 7 heteroatoms. The average molecular weight is 899 g/mol. The molecule has 2 aromatic heterocycles. The normalized spacial score (nSPS) is 21.8. The lowest BCUT2D eigenvalue weighted by Gasteiger charge is -2.63. The van der Waals surface area contributed by atoms with Crippen LogP contribution in [0.5, 0.6) is 0 Å². The lowest BCUT2D eigenvalue weighted by Crippen LogP contribution is -2.57. The fourth-order valence-corrected chi connectivity index (χ4v) is 15.2. The van der Waals surface area contributed by atoms with Crippen molar-refractivity contribution in [2.24, 2.45) is 23.7 Å². The highest BCUT2D eigenvalue weighted by Crippen LogP contribution is 2.68. The van der Waals surface area contributed by atoms with Gasteiger partial charge in [0.2, 0.25) is 9.84 Å². The van der Waals surface area contributed by atoms with E-state index < -0.39 is 9.84 Å². The molecule has 0 N–H and O–H groups in total. The number of aromatic nitrogens is 4. The van der Waals surface area contributed by atoms with Gasteiger partial charge in [-0.3, -0.25) is 0 Å². The molecule has 15 rings (SSSR count). The summed E-state index contributed by atoms with van der Waals surface area (Å²) in [7, 11) is -3.66. The van der Waals surface area contributed by atoms with E-state index in [2.05, 4.69) is 144 Å². The highest BCUT2D eigenvalue weighted by molar-refractivity contribution is 7.91. The minimum absolute atomic E-state index is 0.277. The lowest BCUT2D eigenvalue weighted by atomic mass is 9.42. The van der Waals surface area contributed by atoms with Crippen molar-refractivity contribution in [1.29, 1.82) is 0 Å². The van der Waals surface area contributed by atoms with E-state index in [1.54, 1.807) is 0 Å². The van der Waals surface area contributed by atoms with Crippen molar-refractivity contribution in [3.63, 3.8) is 0 Å². The van der Waals surface area contributed by atoms with E-state index in [1.165, 1.54) is 53.9 Å². The Kier molecular flexibility index (Phi) is 8.76. The maximum Gasteiger partial charge on any atom is 0.207 e. The molecule has 5 aliphatic rings. The number of sulfone groups is 1. The first-order chi connectivity index (χ1) is 33.4. The molecule has 0 saturated heterocycles. The summed E-state index contributed by atoms with van der Waals surface area (Å²) < 4.78 is 31.2. The number of fused-ring (bicyclic) bond motifs is 5. The second-order valence-corrected chi connectivity index (χ2v) is 21.5. The van der Waals surface area contributed by atoms with E-state index in [1.807, 2.05) is 54.6 Å². The van der Waals surface area contributed by atoms with E-state index in [0.717, 1.165) is 67.6 Å². The summed E-state index contributed by atoms with van der Waals surface area (Å²) in [6, 6.07) is 67.0. The van der Waals surface area contributed by atoms with Crippen molar-refractivity contribution < 1.29 is 8.42 Å². The highest BCUT2D eigenvalue weighted by atomic mass is 32.2. The quantitative estimate of drug-likeness (QED) is 0.166. The third-order valence-corrected chi connectivity index (χ3v) is 17.9. The van der Waals surface area contributed by atoms with E-state index in [4.69, 9.17) is 15.0 Å². The van der Waals surface area contributed by atoms with Crippen LogP contribution in [0.3, 0.4) is 0 Å². The molecule has 8 aromatic carbocycles. The van der Waals surface area contributed by atoms with Crippen LogP contribution in [0.25, 0.3) is 83.9 Å². The molecule has 4 aliphatic carbocycles. The molecule has 0 radical (unpaired) electrons. The molecule has 4 fully saturated rings. The van der Waals surface area contributed by atoms with Gasteiger partial charge in [-0.15, -0.1) is 0 Å². The van der Waals surface area contributed by atoms with Crippen LogP contribution in [0, 0.1) is 23.7 Å². The SMILES string of the molecule is O=S1(=O)c2ccccc2C2(c3cc(-c4cccc(-c5ccc(-c6nc(-c7ccccc7)nc(-c7ccc(-n8c9ccccc9c9ccccc98)cc7)n6)cc5)c4)ccc31)C1CC3CC(C1)CC2C3. The summed E-state index contributed by atoms with van der Waals surface area (Å²) in [4.78, 5) is 16.2. The van der Waals surface area contributed by atoms with Gasteiger partial charge in [-0.25, -0.2) is 23.4 Å². The van der Waals surface area contributed by atoms with E-state index in [-0.39, 0.29) is 5.41 Å². The third kappa shape index (κ3) is 5.94. The Labute approximate surface area is 396 Å². The number of rotatable bonds is 6. The Bertz CT molecular complexity index is 3680. The zero-order valence-corrected chi connectivity index (χ0v) is 38.2. The molecular formula is C61H46N4O2S. The molecule has 1 spiro atoms. The first-order valence-electron chi connectivity index (χ1n) is 24.0. The van der Waals surface area contributed by atoms with E-state index in [0.29, 0.717) is 39.1 Å². The molecule has 10 aromatic rings. The van der Waals surface area contributed by atoms with Crippen LogP contribution in [-0.4, -0.2) is 27.9 Å². The largest absolute Gasteiger partial charge is 0.309 e. The Morgan fingerprint density at radius 1 is 0.397 bits per heavy atom. The van der Waals surface area contributed by atoms with Crippen molar-refractivity contribution in [2.75, 3.05) is 0 Å². The molecule has 328 valence electrons. The Balaban J connectivity index is 0.812. The second-order valence-electron chi connectivity index (χ2n) is 19.6. The molecule has 6 nitrogen and oxygen atoms in total. The van der Waals surface area contributed by atoms with Gasteiger partial charge in [0.15, 0.2) is 17.5 Å². The Morgan fingerprint density at radius 3 is 1.49 bits per heavy atom. The first-order valence-corrected chi connectivity index (χ1v) is 25.5. The fraction of sp³-hybridized carbons (Fsp3) is 0.164. The zero-order valence-electron chi connectivity index (χ0n) is 37.3. The average Bonchev–Trinajstić information content (AvgIpc) is 3.73. The number of para-hydroxylation sites is 2. The molecule has 0 atom stereocenters. The van der Waals surface area contributed by atoms with Crippen molar-refractivity contribution in [3.05, 3.63) is 205 Å². The van der Waals surface area contributed by atoms with Crippen LogP contribution in [0.15, 0.2) is 204 Å². The van der Waals surface area contributed by atoms with E-state index in [9.17, 15) is 8.42 Å². The summed E-state index contributed by atoms with van der Waals surface area (Å²) in [6.45, 7) is 0. The fourth-order valence-electron chi connectivity index (χ4n) is 13.4. The van der Waals surface area contributed by atoms with Gasteiger partial charge in [0.05, 0.1) is 20.8 Å². The van der Waals surface area contributed by atoms with Crippen LogP contribution >= 0.6 is 0 Å². The molecule has 1 aliphatic heterocycles. The molecular weight excluding hydrogens is 853 g/mol. The number of hydrogen-bond donors (Lipinski definition) is 0. The zero-order chi connectivity index (χ0) is 45.1. The lowest BCUT2D eigenvalue weighted by molar-refractivity contribution is -0.0446. The van der Waals surface area contributed by atoms with E-state index >= 15 is 0 Å². The minimum Gasteiger partial charge on any atom is -0.309 e. The summed E-state index contributed by atoms with van der Waals surface area (Å²) in [5, 5.41) is 2.46. The predicted molar refractivity (Wildman–Crippen MR) is 271 cm³/mol. The van der Waals surface area contributed by atoms with Gasteiger partial charge in [-0.05, 0) is 150 Å². The molecule has 0 unspecified atom stereocenters. The monoisotopic (exact) mass is 898 g/mol. The van der Waals surface area contributed by atoms with Crippen LogP contribution in [-0.2, 0) is 15.3 Å². The highest BCUT2D eigenvalue weighted by Gasteiger charge is 2.62. The maximum atomic E-state index is 14.4. The molecule has 0 amide bonds. The number of hydrogen-bond acceptors (Lipinski definition) is 5. The van der Waals surface area contributed by atoms with Crippen molar-refractivity contribution >= 4 is 31.6 Å². The summed E-state index contributed by atoms with van der Waals surface area (Å²) in [6.07, 6.45) is 6.09. The maximum absolute atomic E-state index is 14.4. The van der Waals surface area contributed by atoms with Gasteiger partial charge >= 0.3 is 0 Å². The van der Waals surface area contributed by atoms with Crippen LogP contribution in [0.4, 0.5) is 0 Å². The molecule has 4 saturated carbocycles.